The maximum absolute atomic E-state index is 11.1. The fourth-order valence-electron chi connectivity index (χ4n) is 1.78. The molecule has 1 aromatic rings. The minimum Gasteiger partial charge on any atom is -0.477 e. The van der Waals surface area contributed by atoms with Crippen LogP contribution in [0.25, 0.3) is 0 Å². The fourth-order valence-corrected chi connectivity index (χ4v) is 1.78. The van der Waals surface area contributed by atoms with Crippen molar-refractivity contribution in [2.45, 2.75) is 20.3 Å². The van der Waals surface area contributed by atoms with Crippen LogP contribution in [0.5, 0.6) is 0 Å². The normalized spacial score (nSPS) is 11.2. The molecule has 0 unspecified atom stereocenters. The molecule has 110 valence electrons. The first-order chi connectivity index (χ1) is 9.28. The van der Waals surface area contributed by atoms with Gasteiger partial charge in [0.05, 0.1) is 4.92 Å². The molecule has 0 saturated heterocycles. The van der Waals surface area contributed by atoms with Crippen molar-refractivity contribution in [1.29, 1.82) is 0 Å². The van der Waals surface area contributed by atoms with Crippen molar-refractivity contribution in [1.82, 2.24) is 0 Å². The van der Waals surface area contributed by atoms with E-state index >= 15 is 0 Å². The first kappa shape index (κ1) is 15.9. The number of carbonyl (C=O) groups is 1. The third-order valence-corrected chi connectivity index (χ3v) is 2.99. The van der Waals surface area contributed by atoms with Crippen LogP contribution < -0.4 is 5.32 Å². The fraction of sp³-hybridized carbons (Fsp3) is 0.462. The highest BCUT2D eigenvalue weighted by molar-refractivity contribution is 5.95. The predicted molar refractivity (Wildman–Crippen MR) is 74.0 cm³/mol. The molecule has 0 saturated carbocycles. The average molecular weight is 282 g/mol. The van der Waals surface area contributed by atoms with Crippen molar-refractivity contribution in [2.75, 3.05) is 18.5 Å². The Hall–Kier alpha value is -2.15. The number of nitro groups is 1. The summed E-state index contributed by atoms with van der Waals surface area (Å²) in [5, 5.41) is 31.9. The van der Waals surface area contributed by atoms with Crippen LogP contribution in [0.1, 0.15) is 30.6 Å². The minimum absolute atomic E-state index is 0.0198. The average Bonchev–Trinajstić information content (AvgIpc) is 2.35. The highest BCUT2D eigenvalue weighted by Crippen LogP contribution is 2.30. The number of aliphatic hydroxyl groups is 1. The number of aliphatic hydroxyl groups excluding tert-OH is 1. The van der Waals surface area contributed by atoms with E-state index < -0.39 is 16.6 Å². The molecule has 3 N–H and O–H groups in total. The Morgan fingerprint density at radius 2 is 2.10 bits per heavy atom. The van der Waals surface area contributed by atoms with Crippen LogP contribution in [0.3, 0.4) is 0 Å². The maximum Gasteiger partial charge on any atom is 0.342 e. The zero-order valence-electron chi connectivity index (χ0n) is 11.4. The summed E-state index contributed by atoms with van der Waals surface area (Å²) in [7, 11) is 0. The zero-order valence-corrected chi connectivity index (χ0v) is 11.4. The Morgan fingerprint density at radius 3 is 2.60 bits per heavy atom. The first-order valence-corrected chi connectivity index (χ1v) is 6.14. The molecule has 7 heteroatoms. The second-order valence-electron chi connectivity index (χ2n) is 5.26. The van der Waals surface area contributed by atoms with Crippen molar-refractivity contribution < 1.29 is 19.9 Å². The van der Waals surface area contributed by atoms with Gasteiger partial charge in [-0.15, -0.1) is 0 Å². The van der Waals surface area contributed by atoms with E-state index in [0.29, 0.717) is 13.0 Å². The molecule has 0 heterocycles. The lowest BCUT2D eigenvalue weighted by Gasteiger charge is -2.24. The van der Waals surface area contributed by atoms with E-state index in [9.17, 15) is 14.9 Å². The monoisotopic (exact) mass is 282 g/mol. The number of aromatic carboxylic acids is 1. The molecule has 0 aromatic heterocycles. The van der Waals surface area contributed by atoms with Crippen LogP contribution in [0, 0.1) is 15.5 Å². The number of nitrogens with one attached hydrogen (secondary N) is 1. The van der Waals surface area contributed by atoms with Crippen LogP contribution in [-0.2, 0) is 0 Å². The van der Waals surface area contributed by atoms with Gasteiger partial charge in [-0.1, -0.05) is 19.9 Å². The van der Waals surface area contributed by atoms with Crippen molar-refractivity contribution >= 4 is 17.3 Å². The molecular weight excluding hydrogens is 264 g/mol. The van der Waals surface area contributed by atoms with Gasteiger partial charge >= 0.3 is 11.7 Å². The van der Waals surface area contributed by atoms with Crippen molar-refractivity contribution in [3.8, 4) is 0 Å². The molecule has 7 nitrogen and oxygen atoms in total. The number of para-hydroxylation sites is 1. The smallest absolute Gasteiger partial charge is 0.342 e. The summed E-state index contributed by atoms with van der Waals surface area (Å²) in [5.74, 6) is -1.34. The van der Waals surface area contributed by atoms with Crippen LogP contribution >= 0.6 is 0 Å². The molecule has 0 atom stereocenters. The standard InChI is InChI=1S/C13H18N2O5/c1-13(2,6-7-16)8-14-10-5-3-4-9(12(17)18)11(10)15(19)20/h3-5,14,16H,6-8H2,1-2H3,(H,17,18). The van der Waals surface area contributed by atoms with E-state index in [2.05, 4.69) is 5.32 Å². The van der Waals surface area contributed by atoms with E-state index in [4.69, 9.17) is 10.2 Å². The molecular formula is C13H18N2O5. The van der Waals surface area contributed by atoms with Gasteiger partial charge < -0.3 is 15.5 Å². The number of nitrogens with zero attached hydrogens (tertiary/aromatic N) is 1. The Balaban J connectivity index is 3.04. The van der Waals surface area contributed by atoms with E-state index in [-0.39, 0.29) is 23.3 Å². The molecule has 0 spiro atoms. The number of rotatable bonds is 7. The third kappa shape index (κ3) is 3.92. The molecule has 0 amide bonds. The van der Waals surface area contributed by atoms with E-state index in [1.807, 2.05) is 13.8 Å². The largest absolute Gasteiger partial charge is 0.477 e. The summed E-state index contributed by atoms with van der Waals surface area (Å²) >= 11 is 0. The maximum atomic E-state index is 11.1. The lowest BCUT2D eigenvalue weighted by atomic mass is 9.89. The van der Waals surface area contributed by atoms with Gasteiger partial charge in [0.1, 0.15) is 11.3 Å². The summed E-state index contributed by atoms with van der Waals surface area (Å²) < 4.78 is 0. The topological polar surface area (TPSA) is 113 Å². The molecule has 0 fully saturated rings. The van der Waals surface area contributed by atoms with E-state index in [1.165, 1.54) is 18.2 Å². The van der Waals surface area contributed by atoms with Crippen molar-refractivity contribution in [3.63, 3.8) is 0 Å². The lowest BCUT2D eigenvalue weighted by molar-refractivity contribution is -0.384. The summed E-state index contributed by atoms with van der Waals surface area (Å²) in [5.41, 5.74) is -0.886. The Morgan fingerprint density at radius 1 is 1.45 bits per heavy atom. The highest BCUT2D eigenvalue weighted by atomic mass is 16.6. The van der Waals surface area contributed by atoms with Gasteiger partial charge in [-0.05, 0) is 24.0 Å². The summed E-state index contributed by atoms with van der Waals surface area (Å²) in [6, 6.07) is 4.13. The first-order valence-electron chi connectivity index (χ1n) is 6.14. The summed E-state index contributed by atoms with van der Waals surface area (Å²) in [6.07, 6.45) is 0.534. The van der Waals surface area contributed by atoms with Gasteiger partial charge in [0, 0.05) is 13.2 Å². The molecule has 1 aromatic carbocycles. The second kappa shape index (κ2) is 6.33. The van der Waals surface area contributed by atoms with Crippen LogP contribution in [-0.4, -0.2) is 34.3 Å². The van der Waals surface area contributed by atoms with E-state index in [1.54, 1.807) is 0 Å². The van der Waals surface area contributed by atoms with Crippen molar-refractivity contribution in [3.05, 3.63) is 33.9 Å². The van der Waals surface area contributed by atoms with Gasteiger partial charge in [0.25, 0.3) is 0 Å². The lowest BCUT2D eigenvalue weighted by Crippen LogP contribution is -2.24. The van der Waals surface area contributed by atoms with Gasteiger partial charge in [-0.3, -0.25) is 10.1 Å². The molecule has 0 radical (unpaired) electrons. The van der Waals surface area contributed by atoms with Gasteiger partial charge in [0.2, 0.25) is 0 Å². The number of anilines is 1. The minimum atomic E-state index is -1.34. The molecule has 1 rings (SSSR count). The zero-order chi connectivity index (χ0) is 15.3. The number of hydrogen-bond donors (Lipinski definition) is 3. The van der Waals surface area contributed by atoms with E-state index in [0.717, 1.165) is 0 Å². The van der Waals surface area contributed by atoms with Crippen LogP contribution in [0.4, 0.5) is 11.4 Å². The number of carboxylic acid groups (broad SMARTS) is 1. The van der Waals surface area contributed by atoms with Gasteiger partial charge in [-0.25, -0.2) is 4.79 Å². The molecule has 0 aliphatic rings. The number of benzene rings is 1. The van der Waals surface area contributed by atoms with Crippen LogP contribution in [0.2, 0.25) is 0 Å². The SMILES string of the molecule is CC(C)(CCO)CNc1cccc(C(=O)O)c1[N+](=O)[O-]. The summed E-state index contributed by atoms with van der Waals surface area (Å²) in [6.45, 7) is 4.22. The molecule has 0 aliphatic carbocycles. The van der Waals surface area contributed by atoms with Gasteiger partial charge in [-0.2, -0.15) is 0 Å². The molecule has 0 bridgehead atoms. The third-order valence-electron chi connectivity index (χ3n) is 2.99. The number of nitro benzene ring substituents is 1. The second-order valence-corrected chi connectivity index (χ2v) is 5.26. The number of carboxylic acids is 1. The Bertz CT molecular complexity index is 513. The predicted octanol–water partition coefficient (Wildman–Crippen LogP) is 2.11. The van der Waals surface area contributed by atoms with Gasteiger partial charge in [0.15, 0.2) is 0 Å². The number of hydrogen-bond acceptors (Lipinski definition) is 5. The molecule has 20 heavy (non-hydrogen) atoms. The van der Waals surface area contributed by atoms with Crippen molar-refractivity contribution in [2.24, 2.45) is 5.41 Å². The Labute approximate surface area is 116 Å². The quantitative estimate of drug-likeness (QED) is 0.521. The van der Waals surface area contributed by atoms with Crippen LogP contribution in [0.15, 0.2) is 18.2 Å². The molecule has 0 aliphatic heterocycles. The summed E-state index contributed by atoms with van der Waals surface area (Å²) in [4.78, 5) is 21.4. The highest BCUT2D eigenvalue weighted by Gasteiger charge is 2.25. The Kier molecular flexibility index (Phi) is 5.04.